The van der Waals surface area contributed by atoms with E-state index in [1.54, 1.807) is 4.90 Å². The summed E-state index contributed by atoms with van der Waals surface area (Å²) in [6.45, 7) is 5.32. The number of esters is 1. The Morgan fingerprint density at radius 1 is 1.37 bits per heavy atom. The second-order valence-corrected chi connectivity index (χ2v) is 4.90. The lowest BCUT2D eigenvalue weighted by Crippen LogP contribution is -2.45. The Kier molecular flexibility index (Phi) is 4.42. The molecule has 7 heteroatoms. The second-order valence-electron chi connectivity index (χ2n) is 4.90. The first-order chi connectivity index (χ1) is 8.75. The van der Waals surface area contributed by atoms with E-state index in [1.807, 2.05) is 20.8 Å². The third kappa shape index (κ3) is 3.90. The first-order valence-corrected chi connectivity index (χ1v) is 5.65. The standard InChI is InChI=1S/C12H17N3O4/c1-12(2,3)15(7-10(16)17)9-6-13-5-8(14-9)11(18)19-4/h5-6H,7H2,1-4H3,(H,16,17). The Balaban J connectivity index is 3.16. The summed E-state index contributed by atoms with van der Waals surface area (Å²) in [7, 11) is 1.25. The molecule has 0 amide bonds. The van der Waals surface area contributed by atoms with E-state index in [0.717, 1.165) is 0 Å². The average Bonchev–Trinajstić information content (AvgIpc) is 2.33. The van der Waals surface area contributed by atoms with Crippen LogP contribution in [-0.2, 0) is 9.53 Å². The number of rotatable bonds is 4. The zero-order valence-electron chi connectivity index (χ0n) is 11.4. The predicted molar refractivity (Wildman–Crippen MR) is 68.1 cm³/mol. The van der Waals surface area contributed by atoms with Gasteiger partial charge in [-0.25, -0.2) is 9.78 Å². The van der Waals surface area contributed by atoms with Crippen LogP contribution in [-0.4, -0.2) is 46.2 Å². The molecule has 0 aliphatic carbocycles. The molecule has 7 nitrogen and oxygen atoms in total. The number of nitrogens with zero attached hydrogens (tertiary/aromatic N) is 3. The topological polar surface area (TPSA) is 92.6 Å². The summed E-state index contributed by atoms with van der Waals surface area (Å²) in [4.78, 5) is 31.9. The van der Waals surface area contributed by atoms with E-state index in [-0.39, 0.29) is 12.2 Å². The van der Waals surface area contributed by atoms with Crippen molar-refractivity contribution in [2.45, 2.75) is 26.3 Å². The molecule has 0 fully saturated rings. The molecule has 0 saturated heterocycles. The number of hydrogen-bond acceptors (Lipinski definition) is 6. The molecule has 0 aliphatic heterocycles. The van der Waals surface area contributed by atoms with E-state index in [4.69, 9.17) is 5.11 Å². The number of anilines is 1. The Hall–Kier alpha value is -2.18. The van der Waals surface area contributed by atoms with Gasteiger partial charge in [0, 0.05) is 5.54 Å². The summed E-state index contributed by atoms with van der Waals surface area (Å²) in [5.41, 5.74) is -0.429. The number of carbonyl (C=O) groups is 2. The molecular formula is C12H17N3O4. The van der Waals surface area contributed by atoms with Crippen LogP contribution in [0.5, 0.6) is 0 Å². The van der Waals surface area contributed by atoms with E-state index in [1.165, 1.54) is 19.5 Å². The molecule has 0 atom stereocenters. The van der Waals surface area contributed by atoms with Crippen molar-refractivity contribution in [2.24, 2.45) is 0 Å². The molecule has 19 heavy (non-hydrogen) atoms. The Labute approximate surface area is 111 Å². The third-order valence-electron chi connectivity index (χ3n) is 2.40. The number of methoxy groups -OCH3 is 1. The molecular weight excluding hydrogens is 250 g/mol. The molecule has 0 aliphatic rings. The maximum absolute atomic E-state index is 11.4. The monoisotopic (exact) mass is 267 g/mol. The minimum absolute atomic E-state index is 0.0413. The van der Waals surface area contributed by atoms with Gasteiger partial charge in [-0.3, -0.25) is 9.78 Å². The van der Waals surface area contributed by atoms with Crippen LogP contribution in [0.15, 0.2) is 12.4 Å². The molecule has 0 aromatic carbocycles. The number of aromatic nitrogens is 2. The lowest BCUT2D eigenvalue weighted by Gasteiger charge is -2.35. The van der Waals surface area contributed by atoms with Gasteiger partial charge >= 0.3 is 11.9 Å². The van der Waals surface area contributed by atoms with Crippen LogP contribution in [0.3, 0.4) is 0 Å². The highest BCUT2D eigenvalue weighted by Crippen LogP contribution is 2.21. The quantitative estimate of drug-likeness (QED) is 0.812. The SMILES string of the molecule is COC(=O)c1cncc(N(CC(=O)O)C(C)(C)C)n1. The molecule has 0 saturated carbocycles. The summed E-state index contributed by atoms with van der Waals surface area (Å²) in [6.07, 6.45) is 2.69. The Bertz CT molecular complexity index is 482. The van der Waals surface area contributed by atoms with E-state index in [0.29, 0.717) is 5.82 Å². The van der Waals surface area contributed by atoms with Crippen molar-refractivity contribution in [3.05, 3.63) is 18.1 Å². The highest BCUT2D eigenvalue weighted by Gasteiger charge is 2.26. The summed E-state index contributed by atoms with van der Waals surface area (Å²) in [5.74, 6) is -1.28. The minimum atomic E-state index is -0.986. The van der Waals surface area contributed by atoms with Crippen LogP contribution in [0.4, 0.5) is 5.82 Å². The van der Waals surface area contributed by atoms with Crippen molar-refractivity contribution in [2.75, 3.05) is 18.6 Å². The number of ether oxygens (including phenoxy) is 1. The van der Waals surface area contributed by atoms with Gasteiger partial charge in [0.15, 0.2) is 5.69 Å². The van der Waals surface area contributed by atoms with Crippen molar-refractivity contribution in [1.29, 1.82) is 0 Å². The Morgan fingerprint density at radius 3 is 2.47 bits per heavy atom. The smallest absolute Gasteiger partial charge is 0.358 e. The summed E-state index contributed by atoms with van der Waals surface area (Å²) >= 11 is 0. The molecule has 1 rings (SSSR count). The van der Waals surface area contributed by atoms with Crippen molar-refractivity contribution < 1.29 is 19.4 Å². The van der Waals surface area contributed by atoms with Gasteiger partial charge < -0.3 is 14.7 Å². The highest BCUT2D eigenvalue weighted by molar-refractivity contribution is 5.87. The zero-order chi connectivity index (χ0) is 14.6. The van der Waals surface area contributed by atoms with Crippen LogP contribution < -0.4 is 4.90 Å². The number of aliphatic carboxylic acids is 1. The van der Waals surface area contributed by atoms with Crippen LogP contribution in [0.25, 0.3) is 0 Å². The molecule has 104 valence electrons. The van der Waals surface area contributed by atoms with Gasteiger partial charge in [0.25, 0.3) is 0 Å². The predicted octanol–water partition coefficient (Wildman–Crippen LogP) is 0.953. The molecule has 0 bridgehead atoms. The summed E-state index contributed by atoms with van der Waals surface area (Å²) < 4.78 is 4.56. The van der Waals surface area contributed by atoms with E-state index in [2.05, 4.69) is 14.7 Å². The van der Waals surface area contributed by atoms with Crippen LogP contribution in [0, 0.1) is 0 Å². The normalized spacial score (nSPS) is 10.9. The van der Waals surface area contributed by atoms with Gasteiger partial charge in [0.1, 0.15) is 12.4 Å². The molecule has 1 aromatic heterocycles. The molecule has 1 aromatic rings. The largest absolute Gasteiger partial charge is 0.480 e. The first-order valence-electron chi connectivity index (χ1n) is 5.65. The third-order valence-corrected chi connectivity index (χ3v) is 2.40. The second kappa shape index (κ2) is 5.64. The van der Waals surface area contributed by atoms with Gasteiger partial charge in [0.2, 0.25) is 0 Å². The zero-order valence-corrected chi connectivity index (χ0v) is 11.4. The van der Waals surface area contributed by atoms with Crippen molar-refractivity contribution >= 4 is 17.8 Å². The lowest BCUT2D eigenvalue weighted by molar-refractivity contribution is -0.135. The van der Waals surface area contributed by atoms with Crippen LogP contribution in [0.1, 0.15) is 31.3 Å². The Morgan fingerprint density at radius 2 is 2.00 bits per heavy atom. The number of carbonyl (C=O) groups excluding carboxylic acids is 1. The van der Waals surface area contributed by atoms with Crippen LogP contribution >= 0.6 is 0 Å². The van der Waals surface area contributed by atoms with Crippen molar-refractivity contribution in [3.8, 4) is 0 Å². The average molecular weight is 267 g/mol. The molecule has 1 heterocycles. The van der Waals surface area contributed by atoms with Gasteiger partial charge in [-0.2, -0.15) is 0 Å². The number of carboxylic acids is 1. The first kappa shape index (κ1) is 14.9. The summed E-state index contributed by atoms with van der Waals surface area (Å²) in [5, 5.41) is 8.95. The van der Waals surface area contributed by atoms with E-state index < -0.39 is 17.5 Å². The van der Waals surface area contributed by atoms with Crippen molar-refractivity contribution in [3.63, 3.8) is 0 Å². The molecule has 1 N–H and O–H groups in total. The molecule has 0 unspecified atom stereocenters. The summed E-state index contributed by atoms with van der Waals surface area (Å²) in [6, 6.07) is 0. The maximum atomic E-state index is 11.4. The van der Waals surface area contributed by atoms with Gasteiger partial charge in [0.05, 0.1) is 19.5 Å². The highest BCUT2D eigenvalue weighted by atomic mass is 16.5. The number of hydrogen-bond donors (Lipinski definition) is 1. The fraction of sp³-hybridized carbons (Fsp3) is 0.500. The van der Waals surface area contributed by atoms with Crippen molar-refractivity contribution in [1.82, 2.24) is 9.97 Å². The van der Waals surface area contributed by atoms with E-state index in [9.17, 15) is 9.59 Å². The van der Waals surface area contributed by atoms with E-state index >= 15 is 0 Å². The van der Waals surface area contributed by atoms with Gasteiger partial charge in [-0.05, 0) is 20.8 Å². The van der Waals surface area contributed by atoms with Gasteiger partial charge in [-0.15, -0.1) is 0 Å². The maximum Gasteiger partial charge on any atom is 0.358 e. The minimum Gasteiger partial charge on any atom is -0.480 e. The van der Waals surface area contributed by atoms with Crippen LogP contribution in [0.2, 0.25) is 0 Å². The fourth-order valence-electron chi connectivity index (χ4n) is 1.49. The van der Waals surface area contributed by atoms with Gasteiger partial charge in [-0.1, -0.05) is 0 Å². The lowest BCUT2D eigenvalue weighted by atomic mass is 10.1. The number of carboxylic acid groups (broad SMARTS) is 1. The fourth-order valence-corrected chi connectivity index (χ4v) is 1.49. The molecule has 0 spiro atoms. The molecule has 0 radical (unpaired) electrons.